The Morgan fingerprint density at radius 1 is 1.60 bits per heavy atom. The number of nitrogens with zero attached hydrogens (tertiary/aromatic N) is 2. The summed E-state index contributed by atoms with van der Waals surface area (Å²) < 4.78 is 10.7. The van der Waals surface area contributed by atoms with Crippen molar-refractivity contribution in [3.8, 4) is 0 Å². The van der Waals surface area contributed by atoms with Crippen LogP contribution in [0.4, 0.5) is 0 Å². The Balaban J connectivity index is 2.00. The van der Waals surface area contributed by atoms with Crippen LogP contribution in [0.2, 0.25) is 0 Å². The van der Waals surface area contributed by atoms with Gasteiger partial charge in [0, 0.05) is 12.5 Å². The average molecular weight is 211 g/mol. The molecule has 0 spiro atoms. The molecule has 0 bridgehead atoms. The normalized spacial score (nSPS) is 28.2. The van der Waals surface area contributed by atoms with Crippen LogP contribution < -0.4 is 5.73 Å². The van der Waals surface area contributed by atoms with E-state index >= 15 is 0 Å². The van der Waals surface area contributed by atoms with Crippen LogP contribution in [0.5, 0.6) is 0 Å². The quantitative estimate of drug-likeness (QED) is 0.802. The molecule has 2 heterocycles. The SMILES string of the molecule is CC(N)Cc1noc(C2COC(C)C2)n1. The van der Waals surface area contributed by atoms with E-state index in [1.807, 2.05) is 6.92 Å². The van der Waals surface area contributed by atoms with E-state index in [1.54, 1.807) is 0 Å². The molecular formula is C10H17N3O2. The van der Waals surface area contributed by atoms with Crippen LogP contribution in [0.15, 0.2) is 4.52 Å². The maximum Gasteiger partial charge on any atom is 0.232 e. The standard InChI is InChI=1S/C10H17N3O2/c1-6(11)3-9-12-10(15-13-9)8-4-7(2)14-5-8/h6-8H,3-5,11H2,1-2H3. The van der Waals surface area contributed by atoms with Crippen molar-refractivity contribution in [1.82, 2.24) is 10.1 Å². The first-order valence-corrected chi connectivity index (χ1v) is 5.35. The fourth-order valence-corrected chi connectivity index (χ4v) is 1.79. The summed E-state index contributed by atoms with van der Waals surface area (Å²) in [6, 6.07) is 0.0641. The minimum atomic E-state index is 0.0641. The monoisotopic (exact) mass is 211 g/mol. The molecule has 5 heteroatoms. The molecule has 1 aromatic rings. The van der Waals surface area contributed by atoms with Gasteiger partial charge in [0.25, 0.3) is 0 Å². The lowest BCUT2D eigenvalue weighted by atomic mass is 10.1. The Hall–Kier alpha value is -0.940. The summed E-state index contributed by atoms with van der Waals surface area (Å²) in [6.45, 7) is 4.66. The van der Waals surface area contributed by atoms with Gasteiger partial charge in [-0.1, -0.05) is 5.16 Å². The van der Waals surface area contributed by atoms with E-state index in [0.29, 0.717) is 30.8 Å². The minimum absolute atomic E-state index is 0.0641. The lowest BCUT2D eigenvalue weighted by Crippen LogP contribution is -2.18. The molecular weight excluding hydrogens is 194 g/mol. The van der Waals surface area contributed by atoms with Gasteiger partial charge in [0.05, 0.1) is 18.6 Å². The summed E-state index contributed by atoms with van der Waals surface area (Å²) in [4.78, 5) is 4.33. The van der Waals surface area contributed by atoms with Gasteiger partial charge in [0.1, 0.15) is 0 Å². The highest BCUT2D eigenvalue weighted by atomic mass is 16.5. The van der Waals surface area contributed by atoms with Crippen molar-refractivity contribution in [2.24, 2.45) is 5.73 Å². The number of rotatable bonds is 3. The molecule has 1 aliphatic heterocycles. The van der Waals surface area contributed by atoms with Gasteiger partial charge < -0.3 is 15.0 Å². The molecule has 0 saturated carbocycles. The maximum absolute atomic E-state index is 5.66. The average Bonchev–Trinajstić information content (AvgIpc) is 2.72. The smallest absolute Gasteiger partial charge is 0.232 e. The highest BCUT2D eigenvalue weighted by Gasteiger charge is 2.28. The van der Waals surface area contributed by atoms with Crippen molar-refractivity contribution < 1.29 is 9.26 Å². The Bertz CT molecular complexity index is 324. The first-order chi connectivity index (χ1) is 7.15. The largest absolute Gasteiger partial charge is 0.378 e. The first kappa shape index (κ1) is 10.6. The Labute approximate surface area is 89.0 Å². The molecule has 2 N–H and O–H groups in total. The van der Waals surface area contributed by atoms with E-state index in [9.17, 15) is 0 Å². The van der Waals surface area contributed by atoms with Crippen LogP contribution in [0, 0.1) is 0 Å². The number of hydrogen-bond acceptors (Lipinski definition) is 5. The molecule has 0 radical (unpaired) electrons. The summed E-state index contributed by atoms with van der Waals surface area (Å²) in [5.74, 6) is 1.64. The second kappa shape index (κ2) is 4.28. The molecule has 5 nitrogen and oxygen atoms in total. The molecule has 1 fully saturated rings. The van der Waals surface area contributed by atoms with Gasteiger partial charge in [-0.3, -0.25) is 0 Å². The van der Waals surface area contributed by atoms with Crippen LogP contribution in [0.1, 0.15) is 37.9 Å². The summed E-state index contributed by atoms with van der Waals surface area (Å²) in [5.41, 5.74) is 5.66. The Morgan fingerprint density at radius 3 is 3.00 bits per heavy atom. The zero-order chi connectivity index (χ0) is 10.8. The molecule has 1 aliphatic rings. The van der Waals surface area contributed by atoms with Crippen LogP contribution in [0.3, 0.4) is 0 Å². The minimum Gasteiger partial charge on any atom is -0.378 e. The van der Waals surface area contributed by atoms with Crippen molar-refractivity contribution in [3.63, 3.8) is 0 Å². The van der Waals surface area contributed by atoms with Crippen molar-refractivity contribution in [2.45, 2.75) is 44.8 Å². The highest BCUT2D eigenvalue weighted by molar-refractivity contribution is 4.98. The zero-order valence-corrected chi connectivity index (χ0v) is 9.14. The third kappa shape index (κ3) is 2.54. The molecule has 1 aromatic heterocycles. The Kier molecular flexibility index (Phi) is 3.02. The molecule has 3 unspecified atom stereocenters. The van der Waals surface area contributed by atoms with Crippen LogP contribution in [-0.4, -0.2) is 28.9 Å². The number of hydrogen-bond donors (Lipinski definition) is 1. The molecule has 15 heavy (non-hydrogen) atoms. The number of nitrogens with two attached hydrogens (primary N) is 1. The fraction of sp³-hybridized carbons (Fsp3) is 0.800. The lowest BCUT2D eigenvalue weighted by molar-refractivity contribution is 0.122. The van der Waals surface area contributed by atoms with Crippen molar-refractivity contribution in [3.05, 3.63) is 11.7 Å². The topological polar surface area (TPSA) is 74.2 Å². The summed E-state index contributed by atoms with van der Waals surface area (Å²) >= 11 is 0. The first-order valence-electron chi connectivity index (χ1n) is 5.35. The van der Waals surface area contributed by atoms with E-state index in [-0.39, 0.29) is 12.0 Å². The predicted octanol–water partition coefficient (Wildman–Crippen LogP) is 0.852. The summed E-state index contributed by atoms with van der Waals surface area (Å²) in [5, 5.41) is 3.90. The second-order valence-corrected chi connectivity index (χ2v) is 4.31. The third-order valence-electron chi connectivity index (χ3n) is 2.54. The van der Waals surface area contributed by atoms with Gasteiger partial charge in [-0.05, 0) is 20.3 Å². The van der Waals surface area contributed by atoms with Gasteiger partial charge in [-0.2, -0.15) is 4.98 Å². The molecule has 1 saturated heterocycles. The van der Waals surface area contributed by atoms with Crippen molar-refractivity contribution in [2.75, 3.05) is 6.61 Å². The van der Waals surface area contributed by atoms with E-state index in [4.69, 9.17) is 15.0 Å². The molecule has 84 valence electrons. The van der Waals surface area contributed by atoms with E-state index in [0.717, 1.165) is 6.42 Å². The maximum atomic E-state index is 5.66. The second-order valence-electron chi connectivity index (χ2n) is 4.31. The highest BCUT2D eigenvalue weighted by Crippen LogP contribution is 2.27. The lowest BCUT2D eigenvalue weighted by Gasteiger charge is -1.99. The predicted molar refractivity (Wildman–Crippen MR) is 54.4 cm³/mol. The van der Waals surface area contributed by atoms with E-state index in [2.05, 4.69) is 17.1 Å². The summed E-state index contributed by atoms with van der Waals surface area (Å²) in [7, 11) is 0. The zero-order valence-electron chi connectivity index (χ0n) is 9.14. The Morgan fingerprint density at radius 2 is 2.40 bits per heavy atom. The molecule has 2 rings (SSSR count). The van der Waals surface area contributed by atoms with Gasteiger partial charge >= 0.3 is 0 Å². The summed E-state index contributed by atoms with van der Waals surface area (Å²) in [6.07, 6.45) is 1.91. The van der Waals surface area contributed by atoms with Gasteiger partial charge in [0.15, 0.2) is 5.82 Å². The fourth-order valence-electron chi connectivity index (χ4n) is 1.79. The molecule has 3 atom stereocenters. The van der Waals surface area contributed by atoms with E-state index < -0.39 is 0 Å². The number of ether oxygens (including phenoxy) is 1. The van der Waals surface area contributed by atoms with Crippen molar-refractivity contribution >= 4 is 0 Å². The van der Waals surface area contributed by atoms with Crippen LogP contribution in [-0.2, 0) is 11.2 Å². The van der Waals surface area contributed by atoms with Gasteiger partial charge in [-0.15, -0.1) is 0 Å². The third-order valence-corrected chi connectivity index (χ3v) is 2.54. The molecule has 0 aromatic carbocycles. The van der Waals surface area contributed by atoms with Crippen LogP contribution >= 0.6 is 0 Å². The van der Waals surface area contributed by atoms with E-state index in [1.165, 1.54) is 0 Å². The number of aromatic nitrogens is 2. The molecule has 0 amide bonds. The van der Waals surface area contributed by atoms with Gasteiger partial charge in [-0.25, -0.2) is 0 Å². The van der Waals surface area contributed by atoms with Crippen molar-refractivity contribution in [1.29, 1.82) is 0 Å². The molecule has 0 aliphatic carbocycles. The van der Waals surface area contributed by atoms with Gasteiger partial charge in [0.2, 0.25) is 5.89 Å². The van der Waals surface area contributed by atoms with Crippen LogP contribution in [0.25, 0.3) is 0 Å².